The van der Waals surface area contributed by atoms with Gasteiger partial charge in [-0.15, -0.1) is 0 Å². The van der Waals surface area contributed by atoms with Gasteiger partial charge in [-0.3, -0.25) is 9.59 Å². The number of rotatable bonds is 24. The van der Waals surface area contributed by atoms with E-state index in [9.17, 15) is 9.59 Å². The first-order valence-electron chi connectivity index (χ1n) is 13.9. The van der Waals surface area contributed by atoms with Gasteiger partial charge in [-0.05, 0) is 12.8 Å². The fourth-order valence-corrected chi connectivity index (χ4v) is 4.10. The van der Waals surface area contributed by atoms with Crippen molar-refractivity contribution in [2.24, 2.45) is 0 Å². The quantitative estimate of drug-likeness (QED) is 0.0856. The Labute approximate surface area is 194 Å². The molecule has 0 amide bonds. The molecule has 0 aromatic rings. The van der Waals surface area contributed by atoms with E-state index in [1.165, 1.54) is 116 Å². The van der Waals surface area contributed by atoms with Crippen LogP contribution in [0.5, 0.6) is 0 Å². The van der Waals surface area contributed by atoms with Crippen LogP contribution in [0.1, 0.15) is 168 Å². The number of esters is 2. The van der Waals surface area contributed by atoms with Gasteiger partial charge in [0.15, 0.2) is 0 Å². The zero-order chi connectivity index (χ0) is 22.8. The highest BCUT2D eigenvalue weighted by atomic mass is 16.6. The van der Waals surface area contributed by atoms with Gasteiger partial charge in [0.2, 0.25) is 0 Å². The third kappa shape index (κ3) is 25.3. The number of carbonyl (C=O) groups is 2. The fraction of sp³-hybridized carbons (Fsp3) is 0.929. The molecule has 0 rings (SSSR count). The van der Waals surface area contributed by atoms with Crippen molar-refractivity contribution in [3.05, 3.63) is 0 Å². The monoisotopic (exact) mass is 438 g/mol. The van der Waals surface area contributed by atoms with E-state index >= 15 is 0 Å². The van der Waals surface area contributed by atoms with Crippen LogP contribution in [-0.2, 0) is 14.3 Å². The molecule has 31 heavy (non-hydrogen) atoms. The second kappa shape index (κ2) is 25.4. The van der Waals surface area contributed by atoms with E-state index in [1.807, 2.05) is 0 Å². The maximum absolute atomic E-state index is 11.8. The molecule has 0 bridgehead atoms. The van der Waals surface area contributed by atoms with Crippen LogP contribution in [0.25, 0.3) is 0 Å². The summed E-state index contributed by atoms with van der Waals surface area (Å²) >= 11 is 0. The number of hydrogen-bond acceptors (Lipinski definition) is 3. The van der Waals surface area contributed by atoms with Crippen LogP contribution in [0.4, 0.5) is 0 Å². The summed E-state index contributed by atoms with van der Waals surface area (Å²) in [6.45, 7) is 4.50. The van der Waals surface area contributed by atoms with Gasteiger partial charge in [0, 0.05) is 12.8 Å². The van der Waals surface area contributed by atoms with Crippen molar-refractivity contribution in [2.75, 3.05) is 0 Å². The topological polar surface area (TPSA) is 43.4 Å². The van der Waals surface area contributed by atoms with Crippen LogP contribution in [0.15, 0.2) is 0 Å². The normalized spacial score (nSPS) is 11.0. The molecule has 0 radical (unpaired) electrons. The Morgan fingerprint density at radius 1 is 0.387 bits per heavy atom. The Morgan fingerprint density at radius 3 is 0.871 bits per heavy atom. The Kier molecular flexibility index (Phi) is 24.7. The van der Waals surface area contributed by atoms with E-state index in [2.05, 4.69) is 13.8 Å². The number of hydrogen-bond donors (Lipinski definition) is 0. The lowest BCUT2D eigenvalue weighted by atomic mass is 10.0. The number of unbranched alkanes of at least 4 members (excludes halogenated alkanes) is 20. The molecule has 0 aliphatic rings. The van der Waals surface area contributed by atoms with Crippen LogP contribution in [0.2, 0.25) is 0 Å². The number of carbonyl (C=O) groups excluding carboxylic acids is 2. The molecule has 3 nitrogen and oxygen atoms in total. The predicted molar refractivity (Wildman–Crippen MR) is 133 cm³/mol. The summed E-state index contributed by atoms with van der Waals surface area (Å²) < 4.78 is 4.95. The Balaban J connectivity index is 3.30. The Morgan fingerprint density at radius 2 is 0.613 bits per heavy atom. The molecule has 0 aromatic carbocycles. The molecule has 184 valence electrons. The van der Waals surface area contributed by atoms with Crippen LogP contribution in [-0.4, -0.2) is 11.9 Å². The van der Waals surface area contributed by atoms with Crippen LogP contribution >= 0.6 is 0 Å². The van der Waals surface area contributed by atoms with Gasteiger partial charge >= 0.3 is 11.9 Å². The van der Waals surface area contributed by atoms with E-state index in [0.717, 1.165) is 25.7 Å². The lowest BCUT2D eigenvalue weighted by Gasteiger charge is -2.04. The lowest BCUT2D eigenvalue weighted by molar-refractivity contribution is -0.159. The molecule has 0 unspecified atom stereocenters. The molecule has 3 heteroatoms. The summed E-state index contributed by atoms with van der Waals surface area (Å²) in [4.78, 5) is 23.5. The minimum Gasteiger partial charge on any atom is -0.393 e. The third-order valence-electron chi connectivity index (χ3n) is 6.20. The minimum absolute atomic E-state index is 0.330. The molecule has 0 fully saturated rings. The average molecular weight is 439 g/mol. The molecule has 0 saturated heterocycles. The molecule has 0 heterocycles. The summed E-state index contributed by atoms with van der Waals surface area (Å²) in [5.74, 6) is -0.661. The van der Waals surface area contributed by atoms with Crippen molar-refractivity contribution in [1.82, 2.24) is 0 Å². The average Bonchev–Trinajstić information content (AvgIpc) is 2.75. The lowest BCUT2D eigenvalue weighted by Crippen LogP contribution is -2.11. The molecule has 0 saturated carbocycles. The summed E-state index contributed by atoms with van der Waals surface area (Å²) in [6, 6.07) is 0. The fourth-order valence-electron chi connectivity index (χ4n) is 4.10. The molecule has 0 atom stereocenters. The second-order valence-electron chi connectivity index (χ2n) is 9.42. The van der Waals surface area contributed by atoms with Crippen LogP contribution in [0.3, 0.4) is 0 Å². The third-order valence-corrected chi connectivity index (χ3v) is 6.20. The standard InChI is InChI=1S/C28H54O3/c1-3-5-7-9-11-13-14-15-16-18-20-22-24-26-28(30)31-27(29)25-23-21-19-17-12-10-8-6-4-2/h3-26H2,1-2H3. The van der Waals surface area contributed by atoms with Gasteiger partial charge in [-0.25, -0.2) is 0 Å². The van der Waals surface area contributed by atoms with Gasteiger partial charge in [-0.2, -0.15) is 0 Å². The van der Waals surface area contributed by atoms with Gasteiger partial charge in [0.05, 0.1) is 0 Å². The highest BCUT2D eigenvalue weighted by Gasteiger charge is 2.09. The first-order chi connectivity index (χ1) is 15.2. The zero-order valence-electron chi connectivity index (χ0n) is 21.2. The summed E-state index contributed by atoms with van der Waals surface area (Å²) in [7, 11) is 0. The minimum atomic E-state index is -0.331. The van der Waals surface area contributed by atoms with Crippen LogP contribution in [0, 0.1) is 0 Å². The predicted octanol–water partition coefficient (Wildman–Crippen LogP) is 9.46. The summed E-state index contributed by atoms with van der Waals surface area (Å²) in [5.41, 5.74) is 0. The van der Waals surface area contributed by atoms with Gasteiger partial charge < -0.3 is 4.74 Å². The highest BCUT2D eigenvalue weighted by molar-refractivity contribution is 5.85. The maximum Gasteiger partial charge on any atom is 0.313 e. The molecular weight excluding hydrogens is 384 g/mol. The first kappa shape index (κ1) is 30.1. The van der Waals surface area contributed by atoms with Crippen LogP contribution < -0.4 is 0 Å². The Bertz CT molecular complexity index is 392. The van der Waals surface area contributed by atoms with E-state index in [4.69, 9.17) is 4.74 Å². The van der Waals surface area contributed by atoms with E-state index < -0.39 is 0 Å². The van der Waals surface area contributed by atoms with Crippen molar-refractivity contribution in [3.63, 3.8) is 0 Å². The van der Waals surface area contributed by atoms with E-state index in [-0.39, 0.29) is 11.9 Å². The molecular formula is C28H54O3. The largest absolute Gasteiger partial charge is 0.393 e. The second-order valence-corrected chi connectivity index (χ2v) is 9.42. The van der Waals surface area contributed by atoms with E-state index in [0.29, 0.717) is 12.8 Å². The van der Waals surface area contributed by atoms with Crippen molar-refractivity contribution in [1.29, 1.82) is 0 Å². The van der Waals surface area contributed by atoms with Gasteiger partial charge in [0.1, 0.15) is 0 Å². The SMILES string of the molecule is CCCCCCCCCCCCCCCC(=O)OC(=O)CCCCCCCCCCC. The Hall–Kier alpha value is -0.860. The smallest absolute Gasteiger partial charge is 0.313 e. The van der Waals surface area contributed by atoms with Crippen molar-refractivity contribution < 1.29 is 14.3 Å². The molecule has 0 aromatic heterocycles. The first-order valence-corrected chi connectivity index (χ1v) is 13.9. The molecule has 0 aliphatic heterocycles. The zero-order valence-corrected chi connectivity index (χ0v) is 21.2. The number of ether oxygens (including phenoxy) is 1. The maximum atomic E-state index is 11.8. The summed E-state index contributed by atoms with van der Waals surface area (Å²) in [6.07, 6.45) is 28.5. The van der Waals surface area contributed by atoms with Crippen molar-refractivity contribution in [2.45, 2.75) is 168 Å². The van der Waals surface area contributed by atoms with E-state index in [1.54, 1.807) is 0 Å². The van der Waals surface area contributed by atoms with Crippen molar-refractivity contribution in [3.8, 4) is 0 Å². The highest BCUT2D eigenvalue weighted by Crippen LogP contribution is 2.14. The van der Waals surface area contributed by atoms with Crippen molar-refractivity contribution >= 4 is 11.9 Å². The van der Waals surface area contributed by atoms with Gasteiger partial charge in [0.25, 0.3) is 0 Å². The summed E-state index contributed by atoms with van der Waals surface area (Å²) in [5, 5.41) is 0. The molecule has 0 aliphatic carbocycles. The van der Waals surface area contributed by atoms with Gasteiger partial charge in [-0.1, -0.05) is 142 Å². The molecule has 0 spiro atoms. The molecule has 0 N–H and O–H groups in total.